The summed E-state index contributed by atoms with van der Waals surface area (Å²) in [6.45, 7) is 2.67. The Labute approximate surface area is 124 Å². The second-order valence-corrected chi connectivity index (χ2v) is 4.65. The zero-order chi connectivity index (χ0) is 15.7. The lowest BCUT2D eigenvalue weighted by molar-refractivity contribution is -0.131. The second kappa shape index (κ2) is 9.10. The van der Waals surface area contributed by atoms with Gasteiger partial charge in [-0.15, -0.1) is 0 Å². The Bertz CT molecular complexity index is 476. The number of nitrogens with one attached hydrogen (secondary N) is 1. The molecule has 0 saturated carbocycles. The topological polar surface area (TPSA) is 78.9 Å². The summed E-state index contributed by atoms with van der Waals surface area (Å²) in [5, 5.41) is 11.5. The number of methoxy groups -OCH3 is 1. The van der Waals surface area contributed by atoms with Crippen LogP contribution in [0.15, 0.2) is 24.3 Å². The summed E-state index contributed by atoms with van der Waals surface area (Å²) in [5.74, 6) is -0.537. The van der Waals surface area contributed by atoms with E-state index >= 15 is 0 Å². The number of aryl methyl sites for hydroxylation is 1. The van der Waals surface area contributed by atoms with Gasteiger partial charge in [-0.25, -0.2) is 0 Å². The van der Waals surface area contributed by atoms with Crippen LogP contribution in [0.4, 0.5) is 0 Å². The first-order chi connectivity index (χ1) is 10.1. The molecule has 0 unspecified atom stereocenters. The fourth-order valence-electron chi connectivity index (χ4n) is 1.84. The van der Waals surface area contributed by atoms with Crippen molar-refractivity contribution >= 4 is 11.8 Å². The summed E-state index contributed by atoms with van der Waals surface area (Å²) in [4.78, 5) is 25.4. The molecule has 0 spiro atoms. The highest BCUT2D eigenvalue weighted by atomic mass is 16.5. The Morgan fingerprint density at radius 1 is 1.33 bits per heavy atom. The van der Waals surface area contributed by atoms with Gasteiger partial charge in [-0.05, 0) is 19.1 Å². The predicted molar refractivity (Wildman–Crippen MR) is 79.1 cm³/mol. The molecule has 0 radical (unpaired) electrons. The number of carbonyl (C=O) groups is 2. The van der Waals surface area contributed by atoms with E-state index in [0.29, 0.717) is 18.7 Å². The average Bonchev–Trinajstić information content (AvgIpc) is 2.48. The van der Waals surface area contributed by atoms with Crippen molar-refractivity contribution in [2.24, 2.45) is 0 Å². The van der Waals surface area contributed by atoms with Gasteiger partial charge in [0, 0.05) is 25.8 Å². The van der Waals surface area contributed by atoms with Crippen molar-refractivity contribution in [1.29, 1.82) is 0 Å². The van der Waals surface area contributed by atoms with E-state index in [2.05, 4.69) is 5.32 Å². The second-order valence-electron chi connectivity index (χ2n) is 4.65. The zero-order valence-electron chi connectivity index (χ0n) is 12.5. The molecule has 0 aliphatic carbocycles. The maximum atomic E-state index is 12.0. The number of hydrogen-bond donors (Lipinski definition) is 2. The minimum absolute atomic E-state index is 0.101. The SMILES string of the molecule is COCCN(CCO)C(=O)CNC(=O)c1cccc(C)c1. The number of nitrogens with zero attached hydrogens (tertiary/aromatic N) is 1. The molecule has 0 saturated heterocycles. The van der Waals surface area contributed by atoms with E-state index in [-0.39, 0.29) is 31.5 Å². The third kappa shape index (κ3) is 5.93. The Balaban J connectivity index is 2.51. The first-order valence-corrected chi connectivity index (χ1v) is 6.81. The van der Waals surface area contributed by atoms with Crippen LogP contribution in [0, 0.1) is 6.92 Å². The van der Waals surface area contributed by atoms with Crippen molar-refractivity contribution in [3.8, 4) is 0 Å². The molecule has 0 bridgehead atoms. The molecule has 0 aromatic heterocycles. The summed E-state index contributed by atoms with van der Waals surface area (Å²) < 4.78 is 4.91. The van der Waals surface area contributed by atoms with E-state index in [9.17, 15) is 9.59 Å². The van der Waals surface area contributed by atoms with Crippen LogP contribution in [-0.4, -0.2) is 61.8 Å². The molecule has 0 heterocycles. The van der Waals surface area contributed by atoms with Crippen LogP contribution < -0.4 is 5.32 Å². The molecule has 2 amide bonds. The van der Waals surface area contributed by atoms with Crippen LogP contribution in [0.2, 0.25) is 0 Å². The van der Waals surface area contributed by atoms with E-state index in [1.54, 1.807) is 25.3 Å². The van der Waals surface area contributed by atoms with Gasteiger partial charge < -0.3 is 20.1 Å². The summed E-state index contributed by atoms with van der Waals surface area (Å²) in [6, 6.07) is 7.15. The molecule has 6 nitrogen and oxygen atoms in total. The van der Waals surface area contributed by atoms with Crippen molar-refractivity contribution in [1.82, 2.24) is 10.2 Å². The molecule has 0 fully saturated rings. The Morgan fingerprint density at radius 2 is 2.10 bits per heavy atom. The smallest absolute Gasteiger partial charge is 0.251 e. The first kappa shape index (κ1) is 17.1. The van der Waals surface area contributed by atoms with Crippen LogP contribution in [0.5, 0.6) is 0 Å². The fraction of sp³-hybridized carbons (Fsp3) is 0.467. The van der Waals surface area contributed by atoms with Gasteiger partial charge in [0.1, 0.15) is 0 Å². The normalized spacial score (nSPS) is 10.2. The standard InChI is InChI=1S/C15H22N2O4/c1-12-4-3-5-13(10-12)15(20)16-11-14(19)17(6-8-18)7-9-21-2/h3-5,10,18H,6-9,11H2,1-2H3,(H,16,20). The molecule has 1 aromatic rings. The molecule has 21 heavy (non-hydrogen) atoms. The summed E-state index contributed by atoms with van der Waals surface area (Å²) in [6.07, 6.45) is 0. The van der Waals surface area contributed by atoms with Crippen molar-refractivity contribution in [2.75, 3.05) is 40.0 Å². The summed E-state index contributed by atoms with van der Waals surface area (Å²) in [5.41, 5.74) is 1.50. The largest absolute Gasteiger partial charge is 0.395 e. The Hall–Kier alpha value is -1.92. The third-order valence-corrected chi connectivity index (χ3v) is 2.97. The maximum Gasteiger partial charge on any atom is 0.251 e. The number of carbonyl (C=O) groups excluding carboxylic acids is 2. The van der Waals surface area contributed by atoms with Crippen molar-refractivity contribution in [3.63, 3.8) is 0 Å². The highest BCUT2D eigenvalue weighted by molar-refractivity contribution is 5.96. The fourth-order valence-corrected chi connectivity index (χ4v) is 1.84. The van der Waals surface area contributed by atoms with Crippen molar-refractivity contribution < 1.29 is 19.4 Å². The predicted octanol–water partition coefficient (Wildman–Crippen LogP) is 0.192. The number of rotatable bonds is 8. The monoisotopic (exact) mass is 294 g/mol. The van der Waals surface area contributed by atoms with E-state index in [0.717, 1.165) is 5.56 Å². The number of amides is 2. The van der Waals surface area contributed by atoms with E-state index in [1.807, 2.05) is 13.0 Å². The Morgan fingerprint density at radius 3 is 2.71 bits per heavy atom. The van der Waals surface area contributed by atoms with Gasteiger partial charge in [0.15, 0.2) is 0 Å². The van der Waals surface area contributed by atoms with E-state index < -0.39 is 0 Å². The van der Waals surface area contributed by atoms with E-state index in [1.165, 1.54) is 4.90 Å². The van der Waals surface area contributed by atoms with Gasteiger partial charge in [0.05, 0.1) is 19.8 Å². The molecular weight excluding hydrogens is 272 g/mol. The van der Waals surface area contributed by atoms with Gasteiger partial charge in [0.25, 0.3) is 5.91 Å². The van der Waals surface area contributed by atoms with E-state index in [4.69, 9.17) is 9.84 Å². The summed E-state index contributed by atoms with van der Waals surface area (Å²) >= 11 is 0. The third-order valence-electron chi connectivity index (χ3n) is 2.97. The number of hydrogen-bond acceptors (Lipinski definition) is 4. The lowest BCUT2D eigenvalue weighted by Crippen LogP contribution is -2.42. The van der Waals surface area contributed by atoms with Crippen LogP contribution in [-0.2, 0) is 9.53 Å². The first-order valence-electron chi connectivity index (χ1n) is 6.81. The molecule has 0 aliphatic rings. The maximum absolute atomic E-state index is 12.0. The molecule has 6 heteroatoms. The molecule has 1 aromatic carbocycles. The highest BCUT2D eigenvalue weighted by Gasteiger charge is 2.14. The molecule has 116 valence electrons. The molecular formula is C15H22N2O4. The quantitative estimate of drug-likeness (QED) is 0.717. The highest BCUT2D eigenvalue weighted by Crippen LogP contribution is 2.03. The average molecular weight is 294 g/mol. The lowest BCUT2D eigenvalue weighted by Gasteiger charge is -2.21. The number of ether oxygens (including phenoxy) is 1. The summed E-state index contributed by atoms with van der Waals surface area (Å²) in [7, 11) is 1.54. The molecule has 0 aliphatic heterocycles. The van der Waals surface area contributed by atoms with Gasteiger partial charge >= 0.3 is 0 Å². The van der Waals surface area contributed by atoms with Crippen LogP contribution in [0.3, 0.4) is 0 Å². The van der Waals surface area contributed by atoms with Crippen LogP contribution in [0.25, 0.3) is 0 Å². The van der Waals surface area contributed by atoms with Gasteiger partial charge in [-0.2, -0.15) is 0 Å². The van der Waals surface area contributed by atoms with Crippen molar-refractivity contribution in [3.05, 3.63) is 35.4 Å². The lowest BCUT2D eigenvalue weighted by atomic mass is 10.1. The molecule has 0 atom stereocenters. The molecule has 1 rings (SSSR count). The minimum Gasteiger partial charge on any atom is -0.395 e. The van der Waals surface area contributed by atoms with Gasteiger partial charge in [-0.3, -0.25) is 9.59 Å². The molecule has 2 N–H and O–H groups in total. The van der Waals surface area contributed by atoms with Gasteiger partial charge in [-0.1, -0.05) is 17.7 Å². The zero-order valence-corrected chi connectivity index (χ0v) is 12.5. The van der Waals surface area contributed by atoms with Gasteiger partial charge in [0.2, 0.25) is 5.91 Å². The number of aliphatic hydroxyl groups is 1. The Kier molecular flexibility index (Phi) is 7.42. The van der Waals surface area contributed by atoms with Crippen LogP contribution >= 0.6 is 0 Å². The number of benzene rings is 1. The van der Waals surface area contributed by atoms with Crippen LogP contribution in [0.1, 0.15) is 15.9 Å². The minimum atomic E-state index is -0.289. The van der Waals surface area contributed by atoms with Crippen molar-refractivity contribution in [2.45, 2.75) is 6.92 Å². The number of aliphatic hydroxyl groups excluding tert-OH is 1.